The second-order valence-electron chi connectivity index (χ2n) is 2.89. The van der Waals surface area contributed by atoms with Crippen LogP contribution >= 0.6 is 0 Å². The number of fused-ring (bicyclic) bond motifs is 1. The third kappa shape index (κ3) is 1.07. The van der Waals surface area contributed by atoms with Gasteiger partial charge in [-0.25, -0.2) is 0 Å². The Morgan fingerprint density at radius 3 is 2.92 bits per heavy atom. The molecule has 0 saturated carbocycles. The van der Waals surface area contributed by atoms with E-state index in [9.17, 15) is 9.59 Å². The third-order valence-corrected chi connectivity index (χ3v) is 2.03. The van der Waals surface area contributed by atoms with Crippen LogP contribution in [0.1, 0.15) is 10.4 Å². The zero-order chi connectivity index (χ0) is 9.42. The summed E-state index contributed by atoms with van der Waals surface area (Å²) in [5.74, 6) is 0. The van der Waals surface area contributed by atoms with Crippen LogP contribution in [0.2, 0.25) is 0 Å². The molecule has 13 heavy (non-hydrogen) atoms. The van der Waals surface area contributed by atoms with Crippen LogP contribution in [-0.2, 0) is 7.05 Å². The number of carbonyl (C=O) groups excluding carboxylic acids is 1. The predicted molar refractivity (Wildman–Crippen MR) is 48.9 cm³/mol. The normalized spacial score (nSPS) is 10.5. The van der Waals surface area contributed by atoms with E-state index in [1.54, 1.807) is 29.9 Å². The monoisotopic (exact) mass is 176 g/mol. The van der Waals surface area contributed by atoms with Gasteiger partial charge >= 0.3 is 0 Å². The SMILES string of the molecule is Cn1[nH]c(=O)c2ccc(C=O)cc21. The molecule has 4 heteroatoms. The second-order valence-corrected chi connectivity index (χ2v) is 2.89. The van der Waals surface area contributed by atoms with Crippen molar-refractivity contribution in [1.82, 2.24) is 9.78 Å². The number of aromatic nitrogens is 2. The number of rotatable bonds is 1. The molecule has 0 bridgehead atoms. The van der Waals surface area contributed by atoms with E-state index in [-0.39, 0.29) is 5.56 Å². The molecule has 0 spiro atoms. The Hall–Kier alpha value is -1.84. The van der Waals surface area contributed by atoms with Crippen LogP contribution in [0.15, 0.2) is 23.0 Å². The van der Waals surface area contributed by atoms with Crippen molar-refractivity contribution in [2.75, 3.05) is 0 Å². The minimum absolute atomic E-state index is 0.130. The minimum Gasteiger partial charge on any atom is -0.298 e. The van der Waals surface area contributed by atoms with E-state index in [0.29, 0.717) is 10.9 Å². The lowest BCUT2D eigenvalue weighted by Gasteiger charge is -1.94. The zero-order valence-electron chi connectivity index (χ0n) is 7.07. The van der Waals surface area contributed by atoms with Gasteiger partial charge in [-0.15, -0.1) is 0 Å². The van der Waals surface area contributed by atoms with Gasteiger partial charge in [0.1, 0.15) is 6.29 Å². The highest BCUT2D eigenvalue weighted by molar-refractivity contribution is 5.86. The highest BCUT2D eigenvalue weighted by Crippen LogP contribution is 2.09. The molecule has 1 N–H and O–H groups in total. The van der Waals surface area contributed by atoms with E-state index in [2.05, 4.69) is 5.10 Å². The number of carbonyl (C=O) groups is 1. The van der Waals surface area contributed by atoms with E-state index >= 15 is 0 Å². The average molecular weight is 176 g/mol. The molecule has 2 rings (SSSR count). The first-order chi connectivity index (χ1) is 6.22. The number of aldehydes is 1. The molecule has 66 valence electrons. The number of aromatic amines is 1. The van der Waals surface area contributed by atoms with Crippen LogP contribution in [0.25, 0.3) is 10.9 Å². The van der Waals surface area contributed by atoms with Gasteiger partial charge < -0.3 is 0 Å². The molecule has 0 saturated heterocycles. The lowest BCUT2D eigenvalue weighted by Crippen LogP contribution is -2.01. The summed E-state index contributed by atoms with van der Waals surface area (Å²) in [6.45, 7) is 0. The molecule has 0 aliphatic carbocycles. The van der Waals surface area contributed by atoms with Crippen molar-refractivity contribution in [1.29, 1.82) is 0 Å². The Morgan fingerprint density at radius 1 is 1.46 bits per heavy atom. The molecular weight excluding hydrogens is 168 g/mol. The fraction of sp³-hybridized carbons (Fsp3) is 0.111. The van der Waals surface area contributed by atoms with Crippen molar-refractivity contribution >= 4 is 17.2 Å². The van der Waals surface area contributed by atoms with Crippen LogP contribution in [-0.4, -0.2) is 16.1 Å². The minimum atomic E-state index is -0.130. The first-order valence-corrected chi connectivity index (χ1v) is 3.86. The summed E-state index contributed by atoms with van der Waals surface area (Å²) in [4.78, 5) is 21.7. The highest BCUT2D eigenvalue weighted by atomic mass is 16.1. The van der Waals surface area contributed by atoms with E-state index in [0.717, 1.165) is 11.8 Å². The molecular formula is C9H8N2O2. The molecule has 0 atom stereocenters. The maximum Gasteiger partial charge on any atom is 0.271 e. The first-order valence-electron chi connectivity index (χ1n) is 3.86. The summed E-state index contributed by atoms with van der Waals surface area (Å²) in [7, 11) is 1.73. The van der Waals surface area contributed by atoms with Crippen molar-refractivity contribution in [2.45, 2.75) is 0 Å². The second kappa shape index (κ2) is 2.58. The van der Waals surface area contributed by atoms with Crippen LogP contribution in [0.4, 0.5) is 0 Å². The topological polar surface area (TPSA) is 54.9 Å². The number of H-pyrrole nitrogens is 1. The lowest BCUT2D eigenvalue weighted by atomic mass is 10.2. The predicted octanol–water partition coefficient (Wildman–Crippen LogP) is 0.679. The van der Waals surface area contributed by atoms with Crippen LogP contribution in [0, 0.1) is 0 Å². The van der Waals surface area contributed by atoms with Gasteiger partial charge in [-0.05, 0) is 12.1 Å². The van der Waals surface area contributed by atoms with Crippen molar-refractivity contribution in [3.05, 3.63) is 34.1 Å². The summed E-state index contributed by atoms with van der Waals surface area (Å²) >= 11 is 0. The Balaban J connectivity index is 2.91. The summed E-state index contributed by atoms with van der Waals surface area (Å²) in [6, 6.07) is 4.96. The van der Waals surface area contributed by atoms with Crippen molar-refractivity contribution in [2.24, 2.45) is 7.05 Å². The molecule has 0 aliphatic heterocycles. The number of aryl methyl sites for hydroxylation is 1. The zero-order valence-corrected chi connectivity index (χ0v) is 7.07. The van der Waals surface area contributed by atoms with Crippen LogP contribution in [0.3, 0.4) is 0 Å². The van der Waals surface area contributed by atoms with Gasteiger partial charge in [0.25, 0.3) is 5.56 Å². The number of nitrogens with zero attached hydrogens (tertiary/aromatic N) is 1. The number of nitrogens with one attached hydrogen (secondary N) is 1. The molecule has 0 unspecified atom stereocenters. The Morgan fingerprint density at radius 2 is 2.23 bits per heavy atom. The van der Waals surface area contributed by atoms with E-state index in [4.69, 9.17) is 0 Å². The summed E-state index contributed by atoms with van der Waals surface area (Å²) in [5.41, 5.74) is 1.19. The molecule has 0 amide bonds. The number of hydrogen-bond donors (Lipinski definition) is 1. The average Bonchev–Trinajstić information content (AvgIpc) is 2.42. The maximum atomic E-state index is 11.2. The molecule has 0 aliphatic rings. The van der Waals surface area contributed by atoms with Gasteiger partial charge in [0.15, 0.2) is 0 Å². The molecule has 2 aromatic rings. The maximum absolute atomic E-state index is 11.2. The lowest BCUT2D eigenvalue weighted by molar-refractivity contribution is 0.112. The van der Waals surface area contributed by atoms with E-state index < -0.39 is 0 Å². The molecule has 0 radical (unpaired) electrons. The Bertz CT molecular complexity index is 522. The highest BCUT2D eigenvalue weighted by Gasteiger charge is 2.03. The van der Waals surface area contributed by atoms with Gasteiger partial charge in [-0.3, -0.25) is 19.4 Å². The Labute approximate surface area is 73.8 Å². The Kier molecular flexibility index (Phi) is 1.55. The molecule has 1 aromatic carbocycles. The van der Waals surface area contributed by atoms with Crippen molar-refractivity contribution < 1.29 is 4.79 Å². The van der Waals surface area contributed by atoms with E-state index in [1.807, 2.05) is 0 Å². The molecule has 0 fully saturated rings. The van der Waals surface area contributed by atoms with Gasteiger partial charge in [0.2, 0.25) is 0 Å². The standard InChI is InChI=1S/C9H8N2O2/c1-11-8-4-6(5-12)2-3-7(8)9(13)10-11/h2-5H,1H3,(H,10,13). The van der Waals surface area contributed by atoms with Crippen molar-refractivity contribution in [3.8, 4) is 0 Å². The van der Waals surface area contributed by atoms with Crippen molar-refractivity contribution in [3.63, 3.8) is 0 Å². The summed E-state index contributed by atoms with van der Waals surface area (Å²) < 4.78 is 1.60. The largest absolute Gasteiger partial charge is 0.298 e. The smallest absolute Gasteiger partial charge is 0.271 e. The fourth-order valence-corrected chi connectivity index (χ4v) is 1.36. The summed E-state index contributed by atoms with van der Waals surface area (Å²) in [6.07, 6.45) is 0.761. The molecule has 1 aromatic heterocycles. The quantitative estimate of drug-likeness (QED) is 0.649. The first kappa shape index (κ1) is 7.79. The third-order valence-electron chi connectivity index (χ3n) is 2.03. The van der Waals surface area contributed by atoms with Gasteiger partial charge in [0.05, 0.1) is 10.9 Å². The summed E-state index contributed by atoms with van der Waals surface area (Å²) in [5, 5.41) is 3.22. The molecule has 1 heterocycles. The van der Waals surface area contributed by atoms with Gasteiger partial charge in [-0.1, -0.05) is 6.07 Å². The van der Waals surface area contributed by atoms with E-state index in [1.165, 1.54) is 0 Å². The fourth-order valence-electron chi connectivity index (χ4n) is 1.36. The van der Waals surface area contributed by atoms with Gasteiger partial charge in [-0.2, -0.15) is 0 Å². The van der Waals surface area contributed by atoms with Gasteiger partial charge in [0, 0.05) is 12.6 Å². The molecule has 4 nitrogen and oxygen atoms in total. The number of benzene rings is 1. The number of hydrogen-bond acceptors (Lipinski definition) is 2. The van der Waals surface area contributed by atoms with Crippen LogP contribution < -0.4 is 5.56 Å². The van der Waals surface area contributed by atoms with Crippen LogP contribution in [0.5, 0.6) is 0 Å².